The molecule has 3 N–H and O–H groups in total. The van der Waals surface area contributed by atoms with Crippen LogP contribution in [0.3, 0.4) is 0 Å². The molecule has 0 radical (unpaired) electrons. The summed E-state index contributed by atoms with van der Waals surface area (Å²) >= 11 is 0. The molecule has 2 aromatic rings. The number of carbonyl (C=O) groups excluding carboxylic acids is 2. The molecule has 8 heteroatoms. The molecule has 148 valence electrons. The van der Waals surface area contributed by atoms with E-state index < -0.39 is 30.2 Å². The van der Waals surface area contributed by atoms with E-state index in [4.69, 9.17) is 9.84 Å². The SMILES string of the molecule is CC(CCC(=O)O)NC(=O)c1ccccc1OCC(=O)Nc1ccccc1F. The first-order valence-electron chi connectivity index (χ1n) is 8.65. The highest BCUT2D eigenvalue weighted by Gasteiger charge is 2.16. The minimum absolute atomic E-state index is 0.0365. The van der Waals surface area contributed by atoms with Gasteiger partial charge in [-0.2, -0.15) is 0 Å². The van der Waals surface area contributed by atoms with Crippen LogP contribution in [0, 0.1) is 5.82 Å². The van der Waals surface area contributed by atoms with Gasteiger partial charge in [0.1, 0.15) is 11.6 Å². The quantitative estimate of drug-likeness (QED) is 0.613. The predicted molar refractivity (Wildman–Crippen MR) is 101 cm³/mol. The summed E-state index contributed by atoms with van der Waals surface area (Å²) in [5.74, 6) is -2.33. The molecule has 2 aromatic carbocycles. The van der Waals surface area contributed by atoms with Gasteiger partial charge in [-0.15, -0.1) is 0 Å². The summed E-state index contributed by atoms with van der Waals surface area (Å²) in [5.41, 5.74) is 0.248. The standard InChI is InChI=1S/C20H21FN2O5/c1-13(10-11-19(25)26)22-20(27)14-6-2-5-9-17(14)28-12-18(24)23-16-8-4-3-7-15(16)21/h2-9,13H,10-12H2,1H3,(H,22,27)(H,23,24)(H,25,26). The Balaban J connectivity index is 1.95. The molecule has 0 aliphatic heterocycles. The minimum Gasteiger partial charge on any atom is -0.483 e. The molecule has 28 heavy (non-hydrogen) atoms. The second-order valence-electron chi connectivity index (χ2n) is 6.12. The number of halogens is 1. The number of carboxylic acid groups (broad SMARTS) is 1. The minimum atomic E-state index is -0.939. The molecule has 7 nitrogen and oxygen atoms in total. The molecule has 2 rings (SSSR count). The van der Waals surface area contributed by atoms with E-state index in [0.717, 1.165) is 0 Å². The van der Waals surface area contributed by atoms with Crippen LogP contribution >= 0.6 is 0 Å². The predicted octanol–water partition coefficient (Wildman–Crippen LogP) is 2.83. The third-order valence-electron chi connectivity index (χ3n) is 3.81. The smallest absolute Gasteiger partial charge is 0.303 e. The summed E-state index contributed by atoms with van der Waals surface area (Å²) in [4.78, 5) is 35.0. The van der Waals surface area contributed by atoms with E-state index >= 15 is 0 Å². The van der Waals surface area contributed by atoms with Gasteiger partial charge in [0.15, 0.2) is 6.61 Å². The van der Waals surface area contributed by atoms with Crippen LogP contribution in [0.15, 0.2) is 48.5 Å². The molecule has 0 heterocycles. The number of hydrogen-bond donors (Lipinski definition) is 3. The highest BCUT2D eigenvalue weighted by Crippen LogP contribution is 2.19. The van der Waals surface area contributed by atoms with Crippen LogP contribution in [0.1, 0.15) is 30.1 Å². The van der Waals surface area contributed by atoms with E-state index in [1.807, 2.05) is 0 Å². The highest BCUT2D eigenvalue weighted by atomic mass is 19.1. The summed E-state index contributed by atoms with van der Waals surface area (Å²) in [6.07, 6.45) is 0.227. The Morgan fingerprint density at radius 1 is 1.11 bits per heavy atom. The summed E-state index contributed by atoms with van der Waals surface area (Å²) in [7, 11) is 0. The first-order chi connectivity index (χ1) is 13.4. The van der Waals surface area contributed by atoms with Crippen molar-refractivity contribution in [3.8, 4) is 5.75 Å². The Bertz CT molecular complexity index is 856. The van der Waals surface area contributed by atoms with Crippen molar-refractivity contribution in [1.82, 2.24) is 5.32 Å². The normalized spacial score (nSPS) is 11.4. The third-order valence-corrected chi connectivity index (χ3v) is 3.81. The average molecular weight is 388 g/mol. The number of aliphatic carboxylic acids is 1. The Labute approximate surface area is 161 Å². The van der Waals surface area contributed by atoms with Gasteiger partial charge in [-0.1, -0.05) is 24.3 Å². The van der Waals surface area contributed by atoms with E-state index in [1.165, 1.54) is 30.3 Å². The molecular formula is C20H21FN2O5. The van der Waals surface area contributed by atoms with Gasteiger partial charge in [-0.05, 0) is 37.6 Å². The fourth-order valence-electron chi connectivity index (χ4n) is 2.39. The van der Waals surface area contributed by atoms with E-state index in [9.17, 15) is 18.8 Å². The molecule has 0 spiro atoms. The lowest BCUT2D eigenvalue weighted by atomic mass is 10.1. The van der Waals surface area contributed by atoms with Gasteiger partial charge in [0.05, 0.1) is 11.3 Å². The second-order valence-corrected chi connectivity index (χ2v) is 6.12. The third kappa shape index (κ3) is 6.39. The van der Waals surface area contributed by atoms with Crippen molar-refractivity contribution in [1.29, 1.82) is 0 Å². The lowest BCUT2D eigenvalue weighted by molar-refractivity contribution is -0.137. The maximum atomic E-state index is 13.6. The first-order valence-corrected chi connectivity index (χ1v) is 8.65. The van der Waals surface area contributed by atoms with Crippen LogP contribution < -0.4 is 15.4 Å². The molecule has 2 amide bonds. The average Bonchev–Trinajstić information content (AvgIpc) is 2.66. The summed E-state index contributed by atoms with van der Waals surface area (Å²) in [6.45, 7) is 1.29. The van der Waals surface area contributed by atoms with Crippen LogP contribution in [-0.2, 0) is 9.59 Å². The number of carboxylic acids is 1. The molecule has 0 aliphatic rings. The van der Waals surface area contributed by atoms with Gasteiger partial charge in [0, 0.05) is 12.5 Å². The number of nitrogens with one attached hydrogen (secondary N) is 2. The zero-order valence-electron chi connectivity index (χ0n) is 15.3. The number of amides is 2. The maximum absolute atomic E-state index is 13.6. The molecule has 1 atom stereocenters. The largest absolute Gasteiger partial charge is 0.483 e. The van der Waals surface area contributed by atoms with Crippen LogP contribution in [0.4, 0.5) is 10.1 Å². The van der Waals surface area contributed by atoms with E-state index in [2.05, 4.69) is 10.6 Å². The van der Waals surface area contributed by atoms with Crippen molar-refractivity contribution in [3.05, 3.63) is 59.9 Å². The summed E-state index contributed by atoms with van der Waals surface area (Å²) in [5, 5.41) is 13.8. The van der Waals surface area contributed by atoms with Gasteiger partial charge >= 0.3 is 5.97 Å². The number of rotatable bonds is 9. The lowest BCUT2D eigenvalue weighted by Gasteiger charge is -2.15. The molecule has 0 aliphatic carbocycles. The molecule has 0 bridgehead atoms. The molecular weight excluding hydrogens is 367 g/mol. The zero-order chi connectivity index (χ0) is 20.5. The molecule has 1 unspecified atom stereocenters. The van der Waals surface area contributed by atoms with Gasteiger partial charge in [-0.3, -0.25) is 14.4 Å². The highest BCUT2D eigenvalue weighted by molar-refractivity contribution is 5.97. The number of carbonyl (C=O) groups is 3. The second kappa shape index (κ2) is 10.1. The van der Waals surface area contributed by atoms with Crippen molar-refractivity contribution in [3.63, 3.8) is 0 Å². The molecule has 0 saturated carbocycles. The van der Waals surface area contributed by atoms with Gasteiger partial charge in [0.2, 0.25) is 0 Å². The summed E-state index contributed by atoms with van der Waals surface area (Å²) in [6, 6.07) is 11.8. The fraction of sp³-hybridized carbons (Fsp3) is 0.250. The number of ether oxygens (including phenoxy) is 1. The zero-order valence-corrected chi connectivity index (χ0v) is 15.3. The number of para-hydroxylation sites is 2. The van der Waals surface area contributed by atoms with Crippen molar-refractivity contribution in [2.45, 2.75) is 25.8 Å². The lowest BCUT2D eigenvalue weighted by Crippen LogP contribution is -2.33. The number of anilines is 1. The van der Waals surface area contributed by atoms with Gasteiger partial charge in [-0.25, -0.2) is 4.39 Å². The van der Waals surface area contributed by atoms with E-state index in [0.29, 0.717) is 0 Å². The van der Waals surface area contributed by atoms with Crippen LogP contribution in [0.25, 0.3) is 0 Å². The Morgan fingerprint density at radius 3 is 2.50 bits per heavy atom. The number of benzene rings is 2. The van der Waals surface area contributed by atoms with Gasteiger partial charge < -0.3 is 20.5 Å². The van der Waals surface area contributed by atoms with Crippen molar-refractivity contribution in [2.75, 3.05) is 11.9 Å². The molecule has 0 saturated heterocycles. The Morgan fingerprint density at radius 2 is 1.79 bits per heavy atom. The summed E-state index contributed by atoms with van der Waals surface area (Å²) < 4.78 is 19.0. The molecule has 0 aromatic heterocycles. The first kappa shape index (κ1) is 20.9. The maximum Gasteiger partial charge on any atom is 0.303 e. The molecule has 0 fully saturated rings. The van der Waals surface area contributed by atoms with Gasteiger partial charge in [0.25, 0.3) is 11.8 Å². The fourth-order valence-corrected chi connectivity index (χ4v) is 2.39. The van der Waals surface area contributed by atoms with Crippen molar-refractivity contribution >= 4 is 23.5 Å². The Hall–Kier alpha value is -3.42. The van der Waals surface area contributed by atoms with E-state index in [-0.39, 0.29) is 35.9 Å². The van der Waals surface area contributed by atoms with Crippen LogP contribution in [-0.4, -0.2) is 35.5 Å². The Kier molecular flexibility index (Phi) is 7.50. The topological polar surface area (TPSA) is 105 Å². The van der Waals surface area contributed by atoms with Crippen LogP contribution in [0.5, 0.6) is 5.75 Å². The van der Waals surface area contributed by atoms with Crippen molar-refractivity contribution in [2.24, 2.45) is 0 Å². The monoisotopic (exact) mass is 388 g/mol. The van der Waals surface area contributed by atoms with Crippen molar-refractivity contribution < 1.29 is 28.6 Å². The van der Waals surface area contributed by atoms with E-state index in [1.54, 1.807) is 25.1 Å². The van der Waals surface area contributed by atoms with Crippen LogP contribution in [0.2, 0.25) is 0 Å². The number of hydrogen-bond acceptors (Lipinski definition) is 4.